The molecule has 1 amide bonds. The molecule has 0 unspecified atom stereocenters. The van der Waals surface area contributed by atoms with Crippen LogP contribution >= 0.6 is 11.3 Å². The zero-order valence-corrected chi connectivity index (χ0v) is 14.9. The molecule has 0 atom stereocenters. The molecule has 1 N–H and O–H groups in total. The summed E-state index contributed by atoms with van der Waals surface area (Å²) in [6, 6.07) is 8.05. The van der Waals surface area contributed by atoms with Gasteiger partial charge in [-0.25, -0.2) is 4.98 Å². The van der Waals surface area contributed by atoms with Crippen LogP contribution in [0.4, 0.5) is 11.4 Å². The zero-order chi connectivity index (χ0) is 16.9. The lowest BCUT2D eigenvalue weighted by molar-refractivity contribution is 0.102. The molecule has 3 rings (SSSR count). The summed E-state index contributed by atoms with van der Waals surface area (Å²) in [5.74, 6) is 0.633. The average molecular weight is 345 g/mol. The van der Waals surface area contributed by atoms with Crippen molar-refractivity contribution in [2.45, 2.75) is 26.4 Å². The van der Waals surface area contributed by atoms with Gasteiger partial charge >= 0.3 is 0 Å². The molecule has 1 aromatic heterocycles. The van der Waals surface area contributed by atoms with Crippen LogP contribution in [0.5, 0.6) is 0 Å². The first kappa shape index (κ1) is 16.9. The second-order valence-electron chi connectivity index (χ2n) is 6.23. The number of nitrogens with zero attached hydrogens (tertiary/aromatic N) is 2. The van der Waals surface area contributed by atoms with Gasteiger partial charge in [-0.2, -0.15) is 0 Å². The van der Waals surface area contributed by atoms with Crippen molar-refractivity contribution in [1.29, 1.82) is 0 Å². The maximum atomic E-state index is 12.2. The summed E-state index contributed by atoms with van der Waals surface area (Å²) >= 11 is 1.43. The van der Waals surface area contributed by atoms with Gasteiger partial charge in [-0.1, -0.05) is 6.92 Å². The fourth-order valence-electron chi connectivity index (χ4n) is 2.82. The van der Waals surface area contributed by atoms with Gasteiger partial charge in [-0.3, -0.25) is 4.79 Å². The Bertz CT molecular complexity index is 676. The molecule has 24 heavy (non-hydrogen) atoms. The third kappa shape index (κ3) is 4.13. The maximum Gasteiger partial charge on any atom is 0.275 e. The number of ether oxygens (including phenoxy) is 1. The van der Waals surface area contributed by atoms with Gasteiger partial charge in [0, 0.05) is 37.0 Å². The SMILES string of the molecule is COCc1nc(C(=O)Nc2ccc(N3CCC(C)CC3)cc2)cs1. The summed E-state index contributed by atoms with van der Waals surface area (Å²) in [5.41, 5.74) is 2.44. The molecule has 6 heteroatoms. The summed E-state index contributed by atoms with van der Waals surface area (Å²) in [4.78, 5) is 18.9. The van der Waals surface area contributed by atoms with Crippen LogP contribution in [0.3, 0.4) is 0 Å². The fourth-order valence-corrected chi connectivity index (χ4v) is 3.57. The average Bonchev–Trinajstić information content (AvgIpc) is 3.06. The van der Waals surface area contributed by atoms with Crippen LogP contribution in [-0.2, 0) is 11.3 Å². The van der Waals surface area contributed by atoms with Gasteiger partial charge in [0.15, 0.2) is 0 Å². The minimum absolute atomic E-state index is 0.187. The Balaban J connectivity index is 1.60. The minimum Gasteiger partial charge on any atom is -0.378 e. The highest BCUT2D eigenvalue weighted by atomic mass is 32.1. The van der Waals surface area contributed by atoms with Gasteiger partial charge in [0.25, 0.3) is 5.91 Å². The number of methoxy groups -OCH3 is 1. The molecular formula is C18H23N3O2S. The Morgan fingerprint density at radius 2 is 2.04 bits per heavy atom. The lowest BCUT2D eigenvalue weighted by Gasteiger charge is -2.32. The number of nitrogens with one attached hydrogen (secondary N) is 1. The van der Waals surface area contributed by atoms with E-state index in [0.29, 0.717) is 12.3 Å². The van der Waals surface area contributed by atoms with Crippen molar-refractivity contribution < 1.29 is 9.53 Å². The van der Waals surface area contributed by atoms with Crippen LogP contribution in [0.15, 0.2) is 29.6 Å². The summed E-state index contributed by atoms with van der Waals surface area (Å²) < 4.78 is 5.03. The third-order valence-corrected chi connectivity index (χ3v) is 5.15. The second kappa shape index (κ2) is 7.77. The van der Waals surface area contributed by atoms with Crippen LogP contribution in [0.1, 0.15) is 35.3 Å². The number of benzene rings is 1. The molecule has 1 aliphatic rings. The van der Waals surface area contributed by atoms with Crippen molar-refractivity contribution in [2.75, 3.05) is 30.4 Å². The van der Waals surface area contributed by atoms with Crippen molar-refractivity contribution in [1.82, 2.24) is 4.98 Å². The molecule has 1 fully saturated rings. The topological polar surface area (TPSA) is 54.5 Å². The standard InChI is InChI=1S/C18H23N3O2S/c1-13-7-9-21(10-8-13)15-5-3-14(4-6-15)19-18(22)16-12-24-17(20-16)11-23-2/h3-6,12-13H,7-11H2,1-2H3,(H,19,22). The van der Waals surface area contributed by atoms with Gasteiger partial charge in [0.05, 0.1) is 6.61 Å². The number of carbonyl (C=O) groups excluding carboxylic acids is 1. The first-order valence-corrected chi connectivity index (χ1v) is 9.13. The number of thiazole rings is 1. The van der Waals surface area contributed by atoms with E-state index < -0.39 is 0 Å². The zero-order valence-electron chi connectivity index (χ0n) is 14.1. The van der Waals surface area contributed by atoms with Gasteiger partial charge < -0.3 is 15.0 Å². The summed E-state index contributed by atoms with van der Waals surface area (Å²) in [6.45, 7) is 4.95. The molecule has 2 heterocycles. The Labute approximate surface area is 146 Å². The first-order valence-electron chi connectivity index (χ1n) is 8.25. The Kier molecular flexibility index (Phi) is 5.48. The molecule has 0 radical (unpaired) electrons. The van der Waals surface area contributed by atoms with E-state index in [9.17, 15) is 4.79 Å². The number of aromatic nitrogens is 1. The number of hydrogen-bond acceptors (Lipinski definition) is 5. The predicted molar refractivity (Wildman–Crippen MR) is 97.8 cm³/mol. The summed E-state index contributed by atoms with van der Waals surface area (Å²) in [6.07, 6.45) is 2.48. The van der Waals surface area contributed by atoms with Crippen LogP contribution in [0.2, 0.25) is 0 Å². The van der Waals surface area contributed by atoms with Gasteiger partial charge in [-0.15, -0.1) is 11.3 Å². The smallest absolute Gasteiger partial charge is 0.275 e. The van der Waals surface area contributed by atoms with E-state index in [1.54, 1.807) is 12.5 Å². The van der Waals surface area contributed by atoms with Gasteiger partial charge in [-0.05, 0) is 43.0 Å². The highest BCUT2D eigenvalue weighted by Gasteiger charge is 2.16. The second-order valence-corrected chi connectivity index (χ2v) is 7.17. The van der Waals surface area contributed by atoms with E-state index in [2.05, 4.69) is 34.3 Å². The van der Waals surface area contributed by atoms with Crippen LogP contribution in [0, 0.1) is 5.92 Å². The molecule has 1 aromatic carbocycles. The highest BCUT2D eigenvalue weighted by molar-refractivity contribution is 7.09. The molecule has 0 bridgehead atoms. The minimum atomic E-state index is -0.187. The van der Waals surface area contributed by atoms with Gasteiger partial charge in [0.2, 0.25) is 0 Å². The van der Waals surface area contributed by atoms with Crippen molar-refractivity contribution >= 4 is 28.6 Å². The quantitative estimate of drug-likeness (QED) is 0.896. The van der Waals surface area contributed by atoms with E-state index in [4.69, 9.17) is 4.74 Å². The predicted octanol–water partition coefficient (Wildman–Crippen LogP) is 3.78. The molecule has 1 aliphatic heterocycles. The van der Waals surface area contributed by atoms with E-state index in [0.717, 1.165) is 29.7 Å². The fraction of sp³-hybridized carbons (Fsp3) is 0.444. The Hall–Kier alpha value is -1.92. The molecule has 5 nitrogen and oxygen atoms in total. The molecular weight excluding hydrogens is 322 g/mol. The third-order valence-electron chi connectivity index (χ3n) is 4.33. The number of anilines is 2. The monoisotopic (exact) mass is 345 g/mol. The largest absolute Gasteiger partial charge is 0.378 e. The molecule has 1 saturated heterocycles. The number of carbonyl (C=O) groups is 1. The number of hydrogen-bond donors (Lipinski definition) is 1. The molecule has 0 spiro atoms. The normalized spacial score (nSPS) is 15.5. The maximum absolute atomic E-state index is 12.2. The molecule has 2 aromatic rings. The van der Waals surface area contributed by atoms with E-state index in [-0.39, 0.29) is 5.91 Å². The Morgan fingerprint density at radius 1 is 1.33 bits per heavy atom. The lowest BCUT2D eigenvalue weighted by atomic mass is 9.99. The van der Waals surface area contributed by atoms with E-state index >= 15 is 0 Å². The summed E-state index contributed by atoms with van der Waals surface area (Å²) in [7, 11) is 1.62. The van der Waals surface area contributed by atoms with Crippen molar-refractivity contribution in [2.24, 2.45) is 5.92 Å². The first-order chi connectivity index (χ1) is 11.7. The van der Waals surface area contributed by atoms with Crippen LogP contribution < -0.4 is 10.2 Å². The number of rotatable bonds is 5. The molecule has 0 aliphatic carbocycles. The van der Waals surface area contributed by atoms with Crippen LogP contribution in [0.25, 0.3) is 0 Å². The Morgan fingerprint density at radius 3 is 2.71 bits per heavy atom. The van der Waals surface area contributed by atoms with E-state index in [1.165, 1.54) is 29.9 Å². The van der Waals surface area contributed by atoms with Crippen LogP contribution in [-0.4, -0.2) is 31.1 Å². The molecule has 128 valence electrons. The van der Waals surface area contributed by atoms with E-state index in [1.807, 2.05) is 12.1 Å². The highest BCUT2D eigenvalue weighted by Crippen LogP contribution is 2.24. The lowest BCUT2D eigenvalue weighted by Crippen LogP contribution is -2.32. The van der Waals surface area contributed by atoms with Gasteiger partial charge in [0.1, 0.15) is 10.7 Å². The van der Waals surface area contributed by atoms with Crippen molar-refractivity contribution in [3.63, 3.8) is 0 Å². The van der Waals surface area contributed by atoms with Crippen molar-refractivity contribution in [3.8, 4) is 0 Å². The number of piperidine rings is 1. The molecule has 0 saturated carbocycles. The summed E-state index contributed by atoms with van der Waals surface area (Å²) in [5, 5.41) is 5.46. The van der Waals surface area contributed by atoms with Crippen molar-refractivity contribution in [3.05, 3.63) is 40.3 Å². The number of amides is 1.